The van der Waals surface area contributed by atoms with E-state index in [-0.39, 0.29) is 5.92 Å². The first kappa shape index (κ1) is 12.9. The third-order valence-corrected chi connectivity index (χ3v) is 4.12. The molecule has 1 atom stereocenters. The average Bonchev–Trinajstić information content (AvgIpc) is 3.16. The van der Waals surface area contributed by atoms with Gasteiger partial charge in [-0.2, -0.15) is 0 Å². The largest absolute Gasteiger partial charge is 0.460 e. The number of carbonyl (C=O) groups is 1. The highest BCUT2D eigenvalue weighted by atomic mass is 16.3. The Morgan fingerprint density at radius 2 is 1.91 bits per heavy atom. The van der Waals surface area contributed by atoms with Crippen LogP contribution in [0.15, 0.2) is 65.2 Å². The van der Waals surface area contributed by atoms with Crippen LogP contribution >= 0.6 is 0 Å². The smallest absolute Gasteiger partial charge is 0.134 e. The molecule has 0 bridgehead atoms. The normalized spacial score (nSPS) is 12.7. The summed E-state index contributed by atoms with van der Waals surface area (Å²) in [6.07, 6.45) is 3.34. The third-order valence-electron chi connectivity index (χ3n) is 4.12. The van der Waals surface area contributed by atoms with Crippen LogP contribution in [0.3, 0.4) is 0 Å². The number of rotatable bonds is 4. The van der Waals surface area contributed by atoms with Crippen LogP contribution in [0.1, 0.15) is 23.7 Å². The first-order chi connectivity index (χ1) is 10.9. The maximum Gasteiger partial charge on any atom is 0.134 e. The molecular weight excluding hydrogens is 274 g/mol. The lowest BCUT2D eigenvalue weighted by atomic mass is 9.93. The average molecular weight is 289 g/mol. The van der Waals surface area contributed by atoms with Gasteiger partial charge < -0.3 is 14.2 Å². The SMILES string of the molecule is O=CC[C@H](c1cc2ccccc2o1)c1c[nH]c2ccccc12. The molecule has 1 N–H and O–H groups in total. The molecule has 4 aromatic rings. The Hall–Kier alpha value is -2.81. The summed E-state index contributed by atoms with van der Waals surface area (Å²) in [4.78, 5) is 14.5. The van der Waals surface area contributed by atoms with Crippen LogP contribution < -0.4 is 0 Å². The summed E-state index contributed by atoms with van der Waals surface area (Å²) in [7, 11) is 0. The molecule has 2 aromatic heterocycles. The van der Waals surface area contributed by atoms with Gasteiger partial charge in [-0.05, 0) is 23.8 Å². The minimum absolute atomic E-state index is 0.0685. The summed E-state index contributed by atoms with van der Waals surface area (Å²) in [5.74, 6) is 0.763. The summed E-state index contributed by atoms with van der Waals surface area (Å²) in [6.45, 7) is 0. The van der Waals surface area contributed by atoms with Gasteiger partial charge in [0, 0.05) is 28.9 Å². The number of aromatic nitrogens is 1. The number of para-hydroxylation sites is 2. The van der Waals surface area contributed by atoms with Crippen molar-refractivity contribution in [3.8, 4) is 0 Å². The molecule has 4 rings (SSSR count). The van der Waals surface area contributed by atoms with Crippen LogP contribution in [0.5, 0.6) is 0 Å². The number of hydrogen-bond donors (Lipinski definition) is 1. The predicted molar refractivity (Wildman–Crippen MR) is 87.0 cm³/mol. The molecule has 0 spiro atoms. The molecule has 0 aliphatic heterocycles. The van der Waals surface area contributed by atoms with Crippen molar-refractivity contribution in [1.82, 2.24) is 4.98 Å². The van der Waals surface area contributed by atoms with Crippen LogP contribution in [-0.4, -0.2) is 11.3 Å². The second-order valence-electron chi connectivity index (χ2n) is 5.43. The summed E-state index contributed by atoms with van der Waals surface area (Å²) in [6, 6.07) is 18.1. The Morgan fingerprint density at radius 3 is 2.77 bits per heavy atom. The lowest BCUT2D eigenvalue weighted by Crippen LogP contribution is -1.99. The Labute approximate surface area is 127 Å². The molecule has 0 radical (unpaired) electrons. The van der Waals surface area contributed by atoms with E-state index in [4.69, 9.17) is 4.42 Å². The third kappa shape index (κ3) is 2.02. The van der Waals surface area contributed by atoms with Crippen molar-refractivity contribution < 1.29 is 9.21 Å². The fraction of sp³-hybridized carbons (Fsp3) is 0.105. The van der Waals surface area contributed by atoms with E-state index in [1.54, 1.807) is 0 Å². The van der Waals surface area contributed by atoms with Crippen molar-refractivity contribution in [2.24, 2.45) is 0 Å². The second-order valence-corrected chi connectivity index (χ2v) is 5.43. The zero-order valence-electron chi connectivity index (χ0n) is 12.0. The molecule has 108 valence electrons. The van der Waals surface area contributed by atoms with Crippen molar-refractivity contribution in [3.05, 3.63) is 72.1 Å². The molecule has 2 aromatic carbocycles. The summed E-state index contributed by atoms with van der Waals surface area (Å²) < 4.78 is 5.98. The molecule has 0 saturated heterocycles. The number of aldehydes is 1. The van der Waals surface area contributed by atoms with Gasteiger partial charge in [-0.25, -0.2) is 0 Å². The van der Waals surface area contributed by atoms with E-state index >= 15 is 0 Å². The van der Waals surface area contributed by atoms with Gasteiger partial charge in [0.1, 0.15) is 17.6 Å². The molecule has 22 heavy (non-hydrogen) atoms. The van der Waals surface area contributed by atoms with Crippen molar-refractivity contribution in [2.45, 2.75) is 12.3 Å². The molecule has 0 unspecified atom stereocenters. The van der Waals surface area contributed by atoms with E-state index in [0.717, 1.165) is 39.5 Å². The zero-order chi connectivity index (χ0) is 14.9. The van der Waals surface area contributed by atoms with E-state index in [1.807, 2.05) is 54.7 Å². The number of carbonyl (C=O) groups excluding carboxylic acids is 1. The minimum Gasteiger partial charge on any atom is -0.460 e. The standard InChI is InChI=1S/C19H15NO2/c21-10-9-15(16-12-20-17-7-3-2-6-14(16)17)19-11-13-5-1-4-8-18(13)22-19/h1-8,10-12,15,20H,9H2/t15-/m0/s1. The molecule has 3 nitrogen and oxygen atoms in total. The van der Waals surface area contributed by atoms with Crippen molar-refractivity contribution >= 4 is 28.2 Å². The first-order valence-corrected chi connectivity index (χ1v) is 7.35. The number of hydrogen-bond acceptors (Lipinski definition) is 2. The summed E-state index contributed by atoms with van der Waals surface area (Å²) >= 11 is 0. The molecule has 0 fully saturated rings. The number of aromatic amines is 1. The highest BCUT2D eigenvalue weighted by Crippen LogP contribution is 2.35. The van der Waals surface area contributed by atoms with Crippen LogP contribution in [0.2, 0.25) is 0 Å². The van der Waals surface area contributed by atoms with Crippen molar-refractivity contribution in [1.29, 1.82) is 0 Å². The number of fused-ring (bicyclic) bond motifs is 2. The van der Waals surface area contributed by atoms with E-state index < -0.39 is 0 Å². The van der Waals surface area contributed by atoms with E-state index in [0.29, 0.717) is 6.42 Å². The predicted octanol–water partition coefficient (Wildman–Crippen LogP) is 4.64. The fourth-order valence-corrected chi connectivity index (χ4v) is 3.05. The Balaban J connectivity index is 1.88. The number of H-pyrrole nitrogens is 1. The van der Waals surface area contributed by atoms with Crippen LogP contribution in [-0.2, 0) is 4.79 Å². The van der Waals surface area contributed by atoms with Crippen molar-refractivity contribution in [3.63, 3.8) is 0 Å². The van der Waals surface area contributed by atoms with Crippen molar-refractivity contribution in [2.75, 3.05) is 0 Å². The van der Waals surface area contributed by atoms with Crippen LogP contribution in [0.25, 0.3) is 21.9 Å². The van der Waals surface area contributed by atoms with Gasteiger partial charge in [-0.3, -0.25) is 0 Å². The van der Waals surface area contributed by atoms with Gasteiger partial charge in [0.15, 0.2) is 0 Å². The van der Waals surface area contributed by atoms with Gasteiger partial charge >= 0.3 is 0 Å². The monoisotopic (exact) mass is 289 g/mol. The Morgan fingerprint density at radius 1 is 1.09 bits per heavy atom. The molecule has 0 aliphatic carbocycles. The van der Waals surface area contributed by atoms with Gasteiger partial charge in [0.2, 0.25) is 0 Å². The number of furan rings is 1. The molecule has 0 amide bonds. The van der Waals surface area contributed by atoms with Gasteiger partial charge in [0.25, 0.3) is 0 Å². The maximum absolute atomic E-state index is 11.2. The van der Waals surface area contributed by atoms with Gasteiger partial charge in [-0.1, -0.05) is 36.4 Å². The lowest BCUT2D eigenvalue weighted by molar-refractivity contribution is -0.108. The fourth-order valence-electron chi connectivity index (χ4n) is 3.05. The summed E-state index contributed by atoms with van der Waals surface area (Å²) in [5.41, 5.74) is 3.03. The first-order valence-electron chi connectivity index (χ1n) is 7.35. The number of benzene rings is 2. The molecular formula is C19H15NO2. The van der Waals surface area contributed by atoms with Gasteiger partial charge in [-0.15, -0.1) is 0 Å². The van der Waals surface area contributed by atoms with E-state index in [1.165, 1.54) is 0 Å². The molecule has 0 saturated carbocycles. The van der Waals surface area contributed by atoms with Crippen LogP contribution in [0.4, 0.5) is 0 Å². The highest BCUT2D eigenvalue weighted by Gasteiger charge is 2.21. The molecule has 0 aliphatic rings. The topological polar surface area (TPSA) is 46.0 Å². The molecule has 3 heteroatoms. The molecule has 2 heterocycles. The second kappa shape index (κ2) is 5.19. The number of nitrogens with one attached hydrogen (secondary N) is 1. The minimum atomic E-state index is -0.0685. The Kier molecular flexibility index (Phi) is 3.04. The quantitative estimate of drug-likeness (QED) is 0.556. The highest BCUT2D eigenvalue weighted by molar-refractivity contribution is 5.85. The van der Waals surface area contributed by atoms with Gasteiger partial charge in [0.05, 0.1) is 5.92 Å². The zero-order valence-corrected chi connectivity index (χ0v) is 12.0. The van der Waals surface area contributed by atoms with Crippen LogP contribution in [0, 0.1) is 0 Å². The lowest BCUT2D eigenvalue weighted by Gasteiger charge is -2.10. The summed E-state index contributed by atoms with van der Waals surface area (Å²) in [5, 5.41) is 2.20. The maximum atomic E-state index is 11.2. The Bertz CT molecular complexity index is 915. The van der Waals surface area contributed by atoms with E-state index in [2.05, 4.69) is 11.1 Å². The van der Waals surface area contributed by atoms with E-state index in [9.17, 15) is 4.79 Å².